The van der Waals surface area contributed by atoms with Crippen LogP contribution in [0.3, 0.4) is 0 Å². The summed E-state index contributed by atoms with van der Waals surface area (Å²) < 4.78 is 0. The molecule has 0 atom stereocenters. The molecule has 0 amide bonds. The fourth-order valence-electron chi connectivity index (χ4n) is 1.86. The molecule has 0 aromatic rings. The molecule has 0 unspecified atom stereocenters. The van der Waals surface area contributed by atoms with E-state index in [1.165, 1.54) is 30.5 Å². The number of nitrogens with zero attached hydrogens (tertiary/aromatic N) is 1. The summed E-state index contributed by atoms with van der Waals surface area (Å²) >= 11 is 0. The van der Waals surface area contributed by atoms with E-state index in [1.54, 1.807) is 0 Å². The van der Waals surface area contributed by atoms with Crippen molar-refractivity contribution in [3.05, 3.63) is 36.0 Å². The van der Waals surface area contributed by atoms with E-state index < -0.39 is 0 Å². The highest BCUT2D eigenvalue weighted by Gasteiger charge is 2.02. The molecule has 0 rings (SSSR count). The fraction of sp³-hybridized carbons (Fsp3) is 0.667. The monoisotopic (exact) mass is 263 g/mol. The van der Waals surface area contributed by atoms with Crippen molar-refractivity contribution >= 4 is 0 Å². The van der Waals surface area contributed by atoms with Crippen molar-refractivity contribution in [3.8, 4) is 0 Å². The maximum absolute atomic E-state index is 3.85. The molecule has 0 N–H and O–H groups in total. The molecule has 110 valence electrons. The highest BCUT2D eigenvalue weighted by atomic mass is 15.1. The highest BCUT2D eigenvalue weighted by Crippen LogP contribution is 2.08. The first kappa shape index (κ1) is 18.2. The number of rotatable bonds is 10. The van der Waals surface area contributed by atoms with E-state index in [2.05, 4.69) is 58.2 Å². The van der Waals surface area contributed by atoms with Gasteiger partial charge >= 0.3 is 0 Å². The molecule has 0 fully saturated rings. The normalized spacial score (nSPS) is 12.1. The Kier molecular flexibility index (Phi) is 10.6. The van der Waals surface area contributed by atoms with E-state index in [1.807, 2.05) is 6.08 Å². The lowest BCUT2D eigenvalue weighted by atomic mass is 10.1. The van der Waals surface area contributed by atoms with Crippen LogP contribution in [-0.4, -0.2) is 24.5 Å². The van der Waals surface area contributed by atoms with Crippen LogP contribution in [0.2, 0.25) is 0 Å². The minimum absolute atomic E-state index is 0.773. The van der Waals surface area contributed by atoms with Crippen molar-refractivity contribution in [2.75, 3.05) is 19.6 Å². The molecule has 19 heavy (non-hydrogen) atoms. The summed E-state index contributed by atoms with van der Waals surface area (Å²) in [5.41, 5.74) is 2.91. The average Bonchev–Trinajstić information content (AvgIpc) is 2.32. The van der Waals surface area contributed by atoms with E-state index in [-0.39, 0.29) is 0 Å². The van der Waals surface area contributed by atoms with Crippen LogP contribution in [0.15, 0.2) is 36.0 Å². The summed E-state index contributed by atoms with van der Waals surface area (Å²) in [5.74, 6) is 0.773. The smallest absolute Gasteiger partial charge is 0.0169 e. The van der Waals surface area contributed by atoms with E-state index in [0.29, 0.717) is 0 Å². The Morgan fingerprint density at radius 2 is 1.79 bits per heavy atom. The molecule has 0 bridgehead atoms. The van der Waals surface area contributed by atoms with Gasteiger partial charge in [0.05, 0.1) is 0 Å². The second kappa shape index (κ2) is 11.0. The summed E-state index contributed by atoms with van der Waals surface area (Å²) in [6, 6.07) is 0. The summed E-state index contributed by atoms with van der Waals surface area (Å²) in [6.07, 6.45) is 10.3. The number of allylic oxidation sites excluding steroid dienone is 3. The molecule has 0 aliphatic rings. The molecule has 0 saturated heterocycles. The Morgan fingerprint density at radius 1 is 1.11 bits per heavy atom. The lowest BCUT2D eigenvalue weighted by Crippen LogP contribution is -2.26. The predicted molar refractivity (Wildman–Crippen MR) is 88.5 cm³/mol. The second-order valence-corrected chi connectivity index (χ2v) is 6.10. The first-order valence-electron chi connectivity index (χ1n) is 7.58. The van der Waals surface area contributed by atoms with Crippen LogP contribution in [-0.2, 0) is 0 Å². The molecule has 0 spiro atoms. The van der Waals surface area contributed by atoms with Gasteiger partial charge in [-0.15, -0.1) is 6.58 Å². The van der Waals surface area contributed by atoms with Gasteiger partial charge in [-0.05, 0) is 52.5 Å². The van der Waals surface area contributed by atoms with Crippen molar-refractivity contribution in [1.29, 1.82) is 0 Å². The molecule has 0 aromatic carbocycles. The molecule has 0 saturated carbocycles. The van der Waals surface area contributed by atoms with Crippen molar-refractivity contribution in [2.45, 2.75) is 53.9 Å². The third kappa shape index (κ3) is 12.0. The lowest BCUT2D eigenvalue weighted by molar-refractivity contribution is 0.310. The van der Waals surface area contributed by atoms with E-state index in [0.717, 1.165) is 25.4 Å². The van der Waals surface area contributed by atoms with Gasteiger partial charge in [0.25, 0.3) is 0 Å². The summed E-state index contributed by atoms with van der Waals surface area (Å²) in [7, 11) is 0. The number of hydrogen-bond acceptors (Lipinski definition) is 1. The Morgan fingerprint density at radius 3 is 2.32 bits per heavy atom. The zero-order valence-electron chi connectivity index (χ0n) is 13.7. The Labute approximate surface area is 121 Å². The van der Waals surface area contributed by atoms with Gasteiger partial charge in [-0.2, -0.15) is 0 Å². The molecule has 0 radical (unpaired) electrons. The third-order valence-electron chi connectivity index (χ3n) is 3.20. The zero-order valence-corrected chi connectivity index (χ0v) is 13.7. The Balaban J connectivity index is 4.11. The van der Waals surface area contributed by atoms with Gasteiger partial charge in [0.1, 0.15) is 0 Å². The van der Waals surface area contributed by atoms with Crippen molar-refractivity contribution in [3.63, 3.8) is 0 Å². The SMILES string of the molecule is C=CCN(C/C=C(\C)CCC=C(C)C)CCC(C)C. The van der Waals surface area contributed by atoms with Gasteiger partial charge in [0.2, 0.25) is 0 Å². The zero-order chi connectivity index (χ0) is 14.7. The minimum Gasteiger partial charge on any atom is -0.296 e. The van der Waals surface area contributed by atoms with Crippen LogP contribution < -0.4 is 0 Å². The summed E-state index contributed by atoms with van der Waals surface area (Å²) in [4.78, 5) is 2.47. The van der Waals surface area contributed by atoms with Crippen LogP contribution >= 0.6 is 0 Å². The van der Waals surface area contributed by atoms with E-state index >= 15 is 0 Å². The molecule has 0 aliphatic carbocycles. The Bertz CT molecular complexity index is 293. The van der Waals surface area contributed by atoms with Gasteiger partial charge in [0.15, 0.2) is 0 Å². The molecular formula is C18H33N. The molecule has 0 aromatic heterocycles. The van der Waals surface area contributed by atoms with Crippen molar-refractivity contribution in [2.24, 2.45) is 5.92 Å². The van der Waals surface area contributed by atoms with Gasteiger partial charge in [-0.3, -0.25) is 4.90 Å². The average molecular weight is 263 g/mol. The van der Waals surface area contributed by atoms with Gasteiger partial charge in [-0.25, -0.2) is 0 Å². The summed E-state index contributed by atoms with van der Waals surface area (Å²) in [5, 5.41) is 0. The van der Waals surface area contributed by atoms with E-state index in [4.69, 9.17) is 0 Å². The maximum Gasteiger partial charge on any atom is 0.0169 e. The van der Waals surface area contributed by atoms with Crippen LogP contribution in [0.1, 0.15) is 53.9 Å². The lowest BCUT2D eigenvalue weighted by Gasteiger charge is -2.20. The molecule has 0 heterocycles. The van der Waals surface area contributed by atoms with E-state index in [9.17, 15) is 0 Å². The van der Waals surface area contributed by atoms with Crippen molar-refractivity contribution < 1.29 is 0 Å². The van der Waals surface area contributed by atoms with Crippen molar-refractivity contribution in [1.82, 2.24) is 4.90 Å². The minimum atomic E-state index is 0.773. The van der Waals surface area contributed by atoms with Crippen LogP contribution in [0.5, 0.6) is 0 Å². The van der Waals surface area contributed by atoms with Crippen LogP contribution in [0.25, 0.3) is 0 Å². The van der Waals surface area contributed by atoms with Crippen LogP contribution in [0, 0.1) is 5.92 Å². The largest absolute Gasteiger partial charge is 0.296 e. The standard InChI is InChI=1S/C18H33N/c1-7-13-19(14-11-17(4)5)15-12-18(6)10-8-9-16(2)3/h7,9,12,17H,1,8,10-11,13-15H2,2-6H3/b18-12+. The second-order valence-electron chi connectivity index (χ2n) is 6.10. The van der Waals surface area contributed by atoms with Gasteiger partial charge in [0, 0.05) is 13.1 Å². The molecule has 0 aliphatic heterocycles. The summed E-state index contributed by atoms with van der Waals surface area (Å²) in [6.45, 7) is 18.2. The molecule has 1 heteroatoms. The molecular weight excluding hydrogens is 230 g/mol. The Hall–Kier alpha value is -0.820. The first-order valence-corrected chi connectivity index (χ1v) is 7.58. The fourth-order valence-corrected chi connectivity index (χ4v) is 1.86. The highest BCUT2D eigenvalue weighted by molar-refractivity contribution is 5.03. The van der Waals surface area contributed by atoms with Crippen LogP contribution in [0.4, 0.5) is 0 Å². The van der Waals surface area contributed by atoms with Gasteiger partial charge in [-0.1, -0.05) is 43.2 Å². The third-order valence-corrected chi connectivity index (χ3v) is 3.20. The topological polar surface area (TPSA) is 3.24 Å². The number of hydrogen-bond donors (Lipinski definition) is 0. The molecule has 1 nitrogen and oxygen atoms in total. The predicted octanol–water partition coefficient (Wildman–Crippen LogP) is 5.21. The maximum atomic E-state index is 3.85. The van der Waals surface area contributed by atoms with Gasteiger partial charge < -0.3 is 0 Å². The first-order chi connectivity index (χ1) is 8.95. The quantitative estimate of drug-likeness (QED) is 0.489.